The first-order valence-electron chi connectivity index (χ1n) is 12.2. The Hall–Kier alpha value is -4.13. The van der Waals surface area contributed by atoms with E-state index in [1.807, 2.05) is 56.3 Å². The molecule has 3 rings (SSSR count). The van der Waals surface area contributed by atoms with Crippen LogP contribution in [0.25, 0.3) is 0 Å². The van der Waals surface area contributed by atoms with Crippen LogP contribution in [0.5, 0.6) is 11.5 Å². The number of nitrogens with one attached hydrogen (secondary N) is 2. The van der Waals surface area contributed by atoms with Crippen LogP contribution in [0.3, 0.4) is 0 Å². The molecule has 0 fully saturated rings. The summed E-state index contributed by atoms with van der Waals surface area (Å²) in [5, 5.41) is 5.47. The highest BCUT2D eigenvalue weighted by Gasteiger charge is 2.14. The zero-order chi connectivity index (χ0) is 27.0. The predicted molar refractivity (Wildman–Crippen MR) is 145 cm³/mol. The van der Waals surface area contributed by atoms with Gasteiger partial charge >= 0.3 is 5.97 Å². The van der Waals surface area contributed by atoms with Crippen LogP contribution in [0.1, 0.15) is 50.3 Å². The number of hydrogen-bond donors (Lipinski definition) is 2. The standard InChI is InChI=1S/C30H34N2O5/c1-20-6-7-21(2)26(18-20)32-28(34)19-36-29(35)17-16-27(33)31-23-10-14-25(15-11-23)37-24-12-8-22(9-13-24)30(3,4)5/h6-15,18H,16-17,19H2,1-5H3,(H,31,33)(H,32,34). The van der Waals surface area contributed by atoms with Crippen LogP contribution in [-0.4, -0.2) is 24.4 Å². The van der Waals surface area contributed by atoms with Crippen molar-refractivity contribution in [2.24, 2.45) is 0 Å². The summed E-state index contributed by atoms with van der Waals surface area (Å²) in [5.41, 5.74) is 4.48. The number of amides is 2. The van der Waals surface area contributed by atoms with Crippen LogP contribution < -0.4 is 15.4 Å². The molecule has 7 heteroatoms. The Balaban J connectivity index is 1.39. The number of rotatable bonds is 9. The maximum absolute atomic E-state index is 12.2. The fourth-order valence-electron chi connectivity index (χ4n) is 3.48. The Morgan fingerprint density at radius 2 is 1.38 bits per heavy atom. The Morgan fingerprint density at radius 1 is 0.757 bits per heavy atom. The minimum absolute atomic E-state index is 0.0597. The van der Waals surface area contributed by atoms with Crippen molar-refractivity contribution in [2.45, 2.75) is 52.9 Å². The Labute approximate surface area is 218 Å². The second-order valence-electron chi connectivity index (χ2n) is 9.98. The van der Waals surface area contributed by atoms with E-state index >= 15 is 0 Å². The summed E-state index contributed by atoms with van der Waals surface area (Å²) in [6.07, 6.45) is -0.190. The van der Waals surface area contributed by atoms with Crippen LogP contribution in [0, 0.1) is 13.8 Å². The SMILES string of the molecule is Cc1ccc(C)c(NC(=O)COC(=O)CCC(=O)Nc2ccc(Oc3ccc(C(C)(C)C)cc3)cc2)c1. The van der Waals surface area contributed by atoms with Gasteiger partial charge in [0.1, 0.15) is 11.5 Å². The number of ether oxygens (including phenoxy) is 2. The quantitative estimate of drug-likeness (QED) is 0.335. The summed E-state index contributed by atoms with van der Waals surface area (Å²) >= 11 is 0. The number of carbonyl (C=O) groups is 3. The molecule has 0 radical (unpaired) electrons. The van der Waals surface area contributed by atoms with E-state index in [1.165, 1.54) is 5.56 Å². The van der Waals surface area contributed by atoms with Crippen molar-refractivity contribution >= 4 is 29.2 Å². The van der Waals surface area contributed by atoms with Gasteiger partial charge in [0.25, 0.3) is 5.91 Å². The largest absolute Gasteiger partial charge is 0.457 e. The minimum atomic E-state index is -0.618. The maximum atomic E-state index is 12.2. The molecule has 0 bridgehead atoms. The molecule has 3 aromatic carbocycles. The van der Waals surface area contributed by atoms with E-state index in [0.29, 0.717) is 17.1 Å². The van der Waals surface area contributed by atoms with Crippen LogP contribution >= 0.6 is 0 Å². The van der Waals surface area contributed by atoms with E-state index in [-0.39, 0.29) is 24.2 Å². The van der Waals surface area contributed by atoms with Crippen molar-refractivity contribution in [2.75, 3.05) is 17.2 Å². The van der Waals surface area contributed by atoms with Gasteiger partial charge < -0.3 is 20.1 Å². The van der Waals surface area contributed by atoms with Gasteiger partial charge in [-0.1, -0.05) is 45.0 Å². The first-order chi connectivity index (χ1) is 17.5. The van der Waals surface area contributed by atoms with Crippen molar-refractivity contribution in [1.82, 2.24) is 0 Å². The molecule has 0 heterocycles. The lowest BCUT2D eigenvalue weighted by molar-refractivity contribution is -0.147. The molecule has 0 atom stereocenters. The summed E-state index contributed by atoms with van der Waals surface area (Å²) in [7, 11) is 0. The average molecular weight is 503 g/mol. The maximum Gasteiger partial charge on any atom is 0.306 e. The molecule has 0 aromatic heterocycles. The van der Waals surface area contributed by atoms with Crippen molar-refractivity contribution < 1.29 is 23.9 Å². The Bertz CT molecular complexity index is 1240. The monoisotopic (exact) mass is 502 g/mol. The zero-order valence-electron chi connectivity index (χ0n) is 22.0. The van der Waals surface area contributed by atoms with Gasteiger partial charge in [-0.05, 0) is 78.4 Å². The Morgan fingerprint density at radius 3 is 2.00 bits per heavy atom. The average Bonchev–Trinajstić information content (AvgIpc) is 2.85. The van der Waals surface area contributed by atoms with Gasteiger partial charge in [0.2, 0.25) is 5.91 Å². The van der Waals surface area contributed by atoms with E-state index < -0.39 is 18.5 Å². The van der Waals surface area contributed by atoms with E-state index in [2.05, 4.69) is 31.4 Å². The predicted octanol–water partition coefficient (Wildman–Crippen LogP) is 6.29. The van der Waals surface area contributed by atoms with Crippen LogP contribution in [-0.2, 0) is 24.5 Å². The summed E-state index contributed by atoms with van der Waals surface area (Å²) in [6.45, 7) is 9.87. The molecule has 2 amide bonds. The highest BCUT2D eigenvalue weighted by molar-refractivity contribution is 5.95. The van der Waals surface area contributed by atoms with Gasteiger partial charge in [0.05, 0.1) is 6.42 Å². The fraction of sp³-hybridized carbons (Fsp3) is 0.300. The van der Waals surface area contributed by atoms with Gasteiger partial charge in [0.15, 0.2) is 6.61 Å². The van der Waals surface area contributed by atoms with Crippen LogP contribution in [0.15, 0.2) is 66.7 Å². The third-order valence-electron chi connectivity index (χ3n) is 5.68. The van der Waals surface area contributed by atoms with E-state index in [1.54, 1.807) is 24.3 Å². The second-order valence-corrected chi connectivity index (χ2v) is 9.98. The number of benzene rings is 3. The Kier molecular flexibility index (Phi) is 9.06. The second kappa shape index (κ2) is 12.2. The molecule has 2 N–H and O–H groups in total. The van der Waals surface area contributed by atoms with E-state index in [4.69, 9.17) is 9.47 Å². The van der Waals surface area contributed by atoms with Gasteiger partial charge in [-0.25, -0.2) is 0 Å². The van der Waals surface area contributed by atoms with Crippen molar-refractivity contribution in [1.29, 1.82) is 0 Å². The molecular weight excluding hydrogens is 468 g/mol. The summed E-state index contributed by atoms with van der Waals surface area (Å²) in [4.78, 5) is 36.3. The molecule has 0 aliphatic carbocycles. The zero-order valence-corrected chi connectivity index (χ0v) is 22.0. The number of anilines is 2. The molecule has 0 aliphatic rings. The van der Waals surface area contributed by atoms with Crippen LogP contribution in [0.2, 0.25) is 0 Å². The molecule has 0 saturated carbocycles. The highest BCUT2D eigenvalue weighted by atomic mass is 16.5. The summed E-state index contributed by atoms with van der Waals surface area (Å²) < 4.78 is 10.9. The fourth-order valence-corrected chi connectivity index (χ4v) is 3.48. The molecule has 7 nitrogen and oxygen atoms in total. The topological polar surface area (TPSA) is 93.7 Å². The molecule has 37 heavy (non-hydrogen) atoms. The summed E-state index contributed by atoms with van der Waals surface area (Å²) in [6, 6.07) is 20.6. The van der Waals surface area contributed by atoms with Crippen LogP contribution in [0.4, 0.5) is 11.4 Å². The normalized spacial score (nSPS) is 10.9. The molecule has 0 unspecified atom stereocenters. The number of hydrogen-bond acceptors (Lipinski definition) is 5. The molecular formula is C30H34N2O5. The first kappa shape index (κ1) is 27.5. The van der Waals surface area contributed by atoms with Crippen molar-refractivity contribution in [3.8, 4) is 11.5 Å². The lowest BCUT2D eigenvalue weighted by Gasteiger charge is -2.19. The third kappa shape index (κ3) is 8.79. The molecule has 0 aliphatic heterocycles. The number of aryl methyl sites for hydroxylation is 2. The molecule has 194 valence electrons. The van der Waals surface area contributed by atoms with Gasteiger partial charge in [0, 0.05) is 17.8 Å². The molecule has 3 aromatic rings. The van der Waals surface area contributed by atoms with E-state index in [9.17, 15) is 14.4 Å². The van der Waals surface area contributed by atoms with Crippen molar-refractivity contribution in [3.05, 3.63) is 83.4 Å². The number of carbonyl (C=O) groups excluding carboxylic acids is 3. The highest BCUT2D eigenvalue weighted by Crippen LogP contribution is 2.27. The van der Waals surface area contributed by atoms with Crippen molar-refractivity contribution in [3.63, 3.8) is 0 Å². The molecule has 0 saturated heterocycles. The van der Waals surface area contributed by atoms with E-state index in [0.717, 1.165) is 16.9 Å². The number of esters is 1. The summed E-state index contributed by atoms with van der Waals surface area (Å²) in [5.74, 6) is -0.00936. The van der Waals surface area contributed by atoms with Gasteiger partial charge in [-0.2, -0.15) is 0 Å². The lowest BCUT2D eigenvalue weighted by atomic mass is 9.87. The first-order valence-corrected chi connectivity index (χ1v) is 12.2. The van der Waals surface area contributed by atoms with Gasteiger partial charge in [-0.15, -0.1) is 0 Å². The third-order valence-corrected chi connectivity index (χ3v) is 5.68. The lowest BCUT2D eigenvalue weighted by Crippen LogP contribution is -2.22. The smallest absolute Gasteiger partial charge is 0.306 e. The minimum Gasteiger partial charge on any atom is -0.457 e. The molecule has 0 spiro atoms. The van der Waals surface area contributed by atoms with Gasteiger partial charge in [-0.3, -0.25) is 14.4 Å².